The molecule has 0 heterocycles. The Labute approximate surface area is 230 Å². The quantitative estimate of drug-likeness (QED) is 0.176. The Morgan fingerprint density at radius 2 is 0.897 bits per heavy atom. The minimum Gasteiger partial charge on any atom is -0.256 e. The maximum Gasteiger partial charge on any atom is 0.0680 e. The molecule has 0 amide bonds. The van der Waals surface area contributed by atoms with Crippen molar-refractivity contribution in [2.24, 2.45) is 9.98 Å². The molecule has 0 aliphatic heterocycles. The van der Waals surface area contributed by atoms with Crippen molar-refractivity contribution in [3.05, 3.63) is 166 Å². The highest BCUT2D eigenvalue weighted by Crippen LogP contribution is 2.25. The Hall–Kier alpha value is -5.44. The minimum atomic E-state index is 0.854. The summed E-state index contributed by atoms with van der Waals surface area (Å²) >= 11 is 0. The summed E-state index contributed by atoms with van der Waals surface area (Å²) in [5, 5.41) is 0. The summed E-state index contributed by atoms with van der Waals surface area (Å²) in [6.07, 6.45) is 3.74. The number of aliphatic imine (C=N–C) groups is 2. The first-order chi connectivity index (χ1) is 19.2. The Morgan fingerprint density at radius 1 is 0.462 bits per heavy atom. The largest absolute Gasteiger partial charge is 0.256 e. The van der Waals surface area contributed by atoms with Gasteiger partial charge in [-0.15, -0.1) is 0 Å². The molecule has 0 aromatic heterocycles. The first kappa shape index (κ1) is 25.2. The number of rotatable bonds is 4. The van der Waals surface area contributed by atoms with Crippen molar-refractivity contribution in [1.82, 2.24) is 0 Å². The summed E-state index contributed by atoms with van der Waals surface area (Å²) in [6, 6.07) is 42.2. The van der Waals surface area contributed by atoms with Crippen LogP contribution >= 0.6 is 0 Å². The lowest BCUT2D eigenvalue weighted by Crippen LogP contribution is -1.84. The lowest BCUT2D eigenvalue weighted by molar-refractivity contribution is 1.38. The fourth-order valence-electron chi connectivity index (χ4n) is 3.75. The van der Waals surface area contributed by atoms with Gasteiger partial charge in [0.15, 0.2) is 0 Å². The molecule has 0 N–H and O–H groups in total. The average Bonchev–Trinajstić information content (AvgIpc) is 3.00. The fraction of sp³-hybridized carbons (Fsp3) is 0.0270. The predicted octanol–water partition coefficient (Wildman–Crippen LogP) is 8.30. The molecular weight excluding hydrogens is 472 g/mol. The summed E-state index contributed by atoms with van der Waals surface area (Å²) in [5.74, 6) is 12.8. The van der Waals surface area contributed by atoms with Crippen molar-refractivity contribution in [2.75, 3.05) is 0 Å². The summed E-state index contributed by atoms with van der Waals surface area (Å²) in [7, 11) is 0. The van der Waals surface area contributed by atoms with Crippen LogP contribution in [0.2, 0.25) is 0 Å². The van der Waals surface area contributed by atoms with Gasteiger partial charge < -0.3 is 0 Å². The van der Waals surface area contributed by atoms with E-state index in [-0.39, 0.29) is 0 Å². The third-order valence-corrected chi connectivity index (χ3v) is 5.98. The van der Waals surface area contributed by atoms with E-state index in [0.717, 1.165) is 50.3 Å². The number of nitrogens with zero attached hydrogens (tertiary/aromatic N) is 2. The second-order valence-corrected chi connectivity index (χ2v) is 8.96. The van der Waals surface area contributed by atoms with Crippen molar-refractivity contribution < 1.29 is 0 Å². The molecule has 2 heteroatoms. The third-order valence-electron chi connectivity index (χ3n) is 5.98. The van der Waals surface area contributed by atoms with E-state index in [1.807, 2.05) is 140 Å². The molecule has 0 radical (unpaired) electrons. The van der Waals surface area contributed by atoms with Crippen LogP contribution in [-0.4, -0.2) is 12.4 Å². The SMILES string of the molecule is Cc1ccc(N=Cc2ccc(C#Cc3ccccc3)cc2)cc1N=Cc1ccc(C#Cc2ccccc2)cc1. The zero-order valence-electron chi connectivity index (χ0n) is 21.7. The molecule has 5 aromatic carbocycles. The molecule has 0 aliphatic carbocycles. The topological polar surface area (TPSA) is 24.7 Å². The van der Waals surface area contributed by atoms with Crippen molar-refractivity contribution in [3.63, 3.8) is 0 Å². The standard InChI is InChI=1S/C37H26N2/c1-29-12-25-36(38-27-34-21-17-32(18-22-34)15-13-30-8-4-2-5-9-30)26-37(29)39-28-35-23-19-33(20-24-35)16-14-31-10-6-3-7-11-31/h2-12,17-28H,1H3. The van der Waals surface area contributed by atoms with E-state index in [1.165, 1.54) is 0 Å². The second kappa shape index (κ2) is 12.7. The molecule has 0 spiro atoms. The van der Waals surface area contributed by atoms with Crippen molar-refractivity contribution in [1.29, 1.82) is 0 Å². The van der Waals surface area contributed by atoms with Gasteiger partial charge in [0.25, 0.3) is 0 Å². The van der Waals surface area contributed by atoms with Gasteiger partial charge in [0.05, 0.1) is 11.4 Å². The Balaban J connectivity index is 1.23. The highest BCUT2D eigenvalue weighted by molar-refractivity contribution is 5.84. The van der Waals surface area contributed by atoms with Crippen LogP contribution in [0.4, 0.5) is 11.4 Å². The van der Waals surface area contributed by atoms with E-state index in [0.29, 0.717) is 0 Å². The first-order valence-corrected chi connectivity index (χ1v) is 12.7. The molecule has 0 fully saturated rings. The molecule has 0 saturated heterocycles. The summed E-state index contributed by atoms with van der Waals surface area (Å²) in [5.41, 5.74) is 8.83. The fourth-order valence-corrected chi connectivity index (χ4v) is 3.75. The zero-order chi connectivity index (χ0) is 26.7. The highest BCUT2D eigenvalue weighted by atomic mass is 14.8. The molecule has 39 heavy (non-hydrogen) atoms. The molecule has 0 bridgehead atoms. The minimum absolute atomic E-state index is 0.854. The Bertz CT molecular complexity index is 1720. The molecule has 0 saturated carbocycles. The van der Waals surface area contributed by atoms with Gasteiger partial charge in [0, 0.05) is 34.7 Å². The van der Waals surface area contributed by atoms with E-state index < -0.39 is 0 Å². The van der Waals surface area contributed by atoms with Gasteiger partial charge in [-0.3, -0.25) is 9.98 Å². The van der Waals surface area contributed by atoms with Gasteiger partial charge in [-0.2, -0.15) is 0 Å². The first-order valence-electron chi connectivity index (χ1n) is 12.7. The van der Waals surface area contributed by atoms with Gasteiger partial charge in [-0.1, -0.05) is 90.4 Å². The van der Waals surface area contributed by atoms with Crippen LogP contribution < -0.4 is 0 Å². The number of hydrogen-bond donors (Lipinski definition) is 0. The lowest BCUT2D eigenvalue weighted by Gasteiger charge is -2.02. The Morgan fingerprint density at radius 3 is 1.38 bits per heavy atom. The van der Waals surface area contributed by atoms with Gasteiger partial charge in [-0.05, 0) is 84.3 Å². The average molecular weight is 499 g/mol. The van der Waals surface area contributed by atoms with E-state index in [1.54, 1.807) is 0 Å². The maximum absolute atomic E-state index is 4.72. The van der Waals surface area contributed by atoms with Gasteiger partial charge in [0.1, 0.15) is 0 Å². The predicted molar refractivity (Wildman–Crippen MR) is 163 cm³/mol. The van der Waals surface area contributed by atoms with E-state index in [4.69, 9.17) is 4.99 Å². The van der Waals surface area contributed by atoms with Crippen molar-refractivity contribution >= 4 is 23.8 Å². The normalized spacial score (nSPS) is 10.6. The molecule has 5 rings (SSSR count). The number of aryl methyl sites for hydroxylation is 1. The van der Waals surface area contributed by atoms with Crippen LogP contribution in [0.1, 0.15) is 38.9 Å². The molecule has 0 atom stereocenters. The smallest absolute Gasteiger partial charge is 0.0680 e. The summed E-state index contributed by atoms with van der Waals surface area (Å²) in [6.45, 7) is 2.05. The van der Waals surface area contributed by atoms with Crippen LogP contribution in [-0.2, 0) is 0 Å². The second-order valence-electron chi connectivity index (χ2n) is 8.96. The highest BCUT2D eigenvalue weighted by Gasteiger charge is 1.99. The van der Waals surface area contributed by atoms with Crippen LogP contribution in [0.5, 0.6) is 0 Å². The zero-order valence-corrected chi connectivity index (χ0v) is 21.7. The van der Waals surface area contributed by atoms with Gasteiger partial charge in [-0.25, -0.2) is 0 Å². The van der Waals surface area contributed by atoms with Crippen LogP contribution in [0.25, 0.3) is 0 Å². The van der Waals surface area contributed by atoms with E-state index >= 15 is 0 Å². The maximum atomic E-state index is 4.72. The molecule has 0 aliphatic rings. The van der Waals surface area contributed by atoms with E-state index in [9.17, 15) is 0 Å². The molecular formula is C37H26N2. The summed E-state index contributed by atoms with van der Waals surface area (Å²) in [4.78, 5) is 9.39. The third kappa shape index (κ3) is 7.53. The van der Waals surface area contributed by atoms with E-state index in [2.05, 4.69) is 35.6 Å². The molecule has 184 valence electrons. The van der Waals surface area contributed by atoms with Crippen LogP contribution in [0.15, 0.2) is 137 Å². The lowest BCUT2D eigenvalue weighted by atomic mass is 10.1. The number of benzene rings is 5. The summed E-state index contributed by atoms with van der Waals surface area (Å²) < 4.78 is 0. The molecule has 2 nitrogen and oxygen atoms in total. The number of hydrogen-bond acceptors (Lipinski definition) is 2. The van der Waals surface area contributed by atoms with Crippen molar-refractivity contribution in [2.45, 2.75) is 6.92 Å². The van der Waals surface area contributed by atoms with Crippen LogP contribution in [0.3, 0.4) is 0 Å². The van der Waals surface area contributed by atoms with Gasteiger partial charge in [0.2, 0.25) is 0 Å². The molecule has 5 aromatic rings. The molecule has 0 unspecified atom stereocenters. The van der Waals surface area contributed by atoms with Gasteiger partial charge >= 0.3 is 0 Å². The van der Waals surface area contributed by atoms with Crippen LogP contribution in [0, 0.1) is 30.6 Å². The monoisotopic (exact) mass is 498 g/mol. The Kier molecular flexibility index (Phi) is 8.20. The van der Waals surface area contributed by atoms with Crippen molar-refractivity contribution in [3.8, 4) is 23.7 Å².